The fourth-order valence-corrected chi connectivity index (χ4v) is 7.68. The van der Waals surface area contributed by atoms with Crippen molar-refractivity contribution in [3.63, 3.8) is 0 Å². The summed E-state index contributed by atoms with van der Waals surface area (Å²) in [5.74, 6) is 0. The molecule has 0 atom stereocenters. The first-order chi connectivity index (χ1) is 16.1. The Morgan fingerprint density at radius 2 is 1.76 bits per heavy atom. The Hall–Kier alpha value is -2.67. The van der Waals surface area contributed by atoms with Crippen LogP contribution in [0.3, 0.4) is 0 Å². The summed E-state index contributed by atoms with van der Waals surface area (Å²) in [7, 11) is -3.80. The highest BCUT2D eigenvalue weighted by molar-refractivity contribution is 7.91. The number of halogens is 1. The van der Waals surface area contributed by atoms with Crippen LogP contribution in [0, 0.1) is 6.92 Å². The molecule has 0 fully saturated rings. The Kier molecular flexibility index (Phi) is 5.58. The van der Waals surface area contributed by atoms with Crippen molar-refractivity contribution in [1.29, 1.82) is 0 Å². The number of aromatic nitrogens is 1. The van der Waals surface area contributed by atoms with Crippen LogP contribution in [-0.2, 0) is 15.3 Å². The monoisotopic (exact) mass is 508 g/mol. The molecule has 0 unspecified atom stereocenters. The maximum Gasteiger partial charge on any atom is 0.226 e. The number of nitrogens with zero attached hydrogens (tertiary/aromatic N) is 2. The van der Waals surface area contributed by atoms with Crippen LogP contribution in [0.1, 0.15) is 36.9 Å². The van der Waals surface area contributed by atoms with E-state index >= 15 is 0 Å². The summed E-state index contributed by atoms with van der Waals surface area (Å²) in [6.07, 6.45) is 1.99. The zero-order chi connectivity index (χ0) is 24.3. The molecule has 0 aliphatic carbocycles. The van der Waals surface area contributed by atoms with Crippen LogP contribution in [0.25, 0.3) is 16.8 Å². The van der Waals surface area contributed by atoms with Crippen LogP contribution < -0.4 is 4.90 Å². The van der Waals surface area contributed by atoms with Crippen LogP contribution >= 0.6 is 22.9 Å². The molecular formula is C27H25ClN2O2S2. The molecule has 3 aromatic carbocycles. The molecule has 0 radical (unpaired) electrons. The molecular weight excluding hydrogens is 484 g/mol. The van der Waals surface area contributed by atoms with Crippen molar-refractivity contribution >= 4 is 55.3 Å². The lowest BCUT2D eigenvalue weighted by Gasteiger charge is -2.26. The van der Waals surface area contributed by atoms with Gasteiger partial charge in [-0.15, -0.1) is 11.3 Å². The van der Waals surface area contributed by atoms with Crippen LogP contribution in [0.2, 0.25) is 4.34 Å². The zero-order valence-electron chi connectivity index (χ0n) is 19.5. The maximum atomic E-state index is 13.2. The van der Waals surface area contributed by atoms with Gasteiger partial charge in [-0.1, -0.05) is 73.5 Å². The molecule has 5 rings (SSSR count). The van der Waals surface area contributed by atoms with Crippen molar-refractivity contribution in [3.05, 3.63) is 86.8 Å². The summed E-state index contributed by atoms with van der Waals surface area (Å²) < 4.78 is 26.6. The van der Waals surface area contributed by atoms with E-state index in [4.69, 9.17) is 11.6 Å². The predicted octanol–water partition coefficient (Wildman–Crippen LogP) is 7.25. The average Bonchev–Trinajstić information content (AvgIpc) is 3.29. The van der Waals surface area contributed by atoms with Gasteiger partial charge in [0.1, 0.15) is 9.34 Å². The van der Waals surface area contributed by atoms with Crippen molar-refractivity contribution in [3.8, 4) is 0 Å². The lowest BCUT2D eigenvalue weighted by Crippen LogP contribution is -2.25. The number of hydrogen-bond acceptors (Lipinski definition) is 5. The van der Waals surface area contributed by atoms with Crippen molar-refractivity contribution in [2.45, 2.75) is 43.0 Å². The first-order valence-electron chi connectivity index (χ1n) is 11.1. The molecule has 174 valence electrons. The zero-order valence-corrected chi connectivity index (χ0v) is 21.9. The van der Waals surface area contributed by atoms with Gasteiger partial charge in [0.05, 0.1) is 4.90 Å². The topological polar surface area (TPSA) is 50.3 Å². The van der Waals surface area contributed by atoms with Crippen molar-refractivity contribution in [2.75, 3.05) is 11.4 Å². The second-order valence-corrected chi connectivity index (χ2v) is 12.5. The van der Waals surface area contributed by atoms with Crippen LogP contribution in [-0.4, -0.2) is 19.9 Å². The normalized spacial score (nSPS) is 16.4. The second kappa shape index (κ2) is 8.22. The molecule has 0 spiro atoms. The minimum absolute atomic E-state index is 0.0864. The summed E-state index contributed by atoms with van der Waals surface area (Å²) in [5.41, 5.74) is 4.22. The van der Waals surface area contributed by atoms with Crippen LogP contribution in [0.4, 0.5) is 5.69 Å². The lowest BCUT2D eigenvalue weighted by molar-refractivity contribution is 0.593. The fraction of sp³-hybridized carbons (Fsp3) is 0.222. The number of anilines is 1. The third-order valence-electron chi connectivity index (χ3n) is 6.49. The molecule has 0 bridgehead atoms. The highest BCUT2D eigenvalue weighted by Gasteiger charge is 2.41. The number of fused-ring (bicyclic) bond motifs is 3. The summed E-state index contributed by atoms with van der Waals surface area (Å²) >= 11 is 7.63. The Balaban J connectivity index is 1.63. The summed E-state index contributed by atoms with van der Waals surface area (Å²) in [4.78, 5) is 6.98. The van der Waals surface area contributed by atoms with Gasteiger partial charge in [-0.2, -0.15) is 0 Å². The lowest BCUT2D eigenvalue weighted by atomic mass is 9.81. The Morgan fingerprint density at radius 3 is 2.47 bits per heavy atom. The highest BCUT2D eigenvalue weighted by atomic mass is 35.5. The molecule has 0 saturated carbocycles. The summed E-state index contributed by atoms with van der Waals surface area (Å²) in [5, 5.41) is 2.92. The van der Waals surface area contributed by atoms with Crippen molar-refractivity contribution in [2.24, 2.45) is 0 Å². The predicted molar refractivity (Wildman–Crippen MR) is 142 cm³/mol. The van der Waals surface area contributed by atoms with Crippen LogP contribution in [0.5, 0.6) is 0 Å². The van der Waals surface area contributed by atoms with Gasteiger partial charge in [0.15, 0.2) is 5.03 Å². The first-order valence-corrected chi connectivity index (χ1v) is 13.8. The van der Waals surface area contributed by atoms with E-state index in [0.717, 1.165) is 17.8 Å². The van der Waals surface area contributed by atoms with Crippen molar-refractivity contribution < 1.29 is 8.42 Å². The molecule has 4 nitrogen and oxygen atoms in total. The standard InChI is InChI=1S/C27H25ClN2O2S2/c1-5-30-21-15-12-18-8-6-7-9-20(18)24(21)27(3,4)22(30)16-23-29-26(25(28)33-23)34(31,32)19-13-10-17(2)11-14-19/h6-16H,5H2,1-4H3/b22-16+. The van der Waals surface area contributed by atoms with E-state index in [9.17, 15) is 8.42 Å². The number of benzene rings is 3. The summed E-state index contributed by atoms with van der Waals surface area (Å²) in [6, 6.07) is 19.5. The quantitative estimate of drug-likeness (QED) is 0.291. The molecule has 4 aromatic rings. The Morgan fingerprint density at radius 1 is 1.06 bits per heavy atom. The van der Waals surface area contributed by atoms with Gasteiger partial charge in [-0.25, -0.2) is 13.4 Å². The molecule has 1 aliphatic heterocycles. The first kappa shape index (κ1) is 23.1. The van der Waals surface area contributed by atoms with E-state index in [1.165, 1.54) is 33.4 Å². The highest BCUT2D eigenvalue weighted by Crippen LogP contribution is 2.51. The number of hydrogen-bond donors (Lipinski definition) is 0. The molecule has 0 saturated heterocycles. The van der Waals surface area contributed by atoms with Gasteiger partial charge < -0.3 is 4.90 Å². The van der Waals surface area contributed by atoms with E-state index in [1.54, 1.807) is 24.3 Å². The van der Waals surface area contributed by atoms with Crippen molar-refractivity contribution in [1.82, 2.24) is 4.98 Å². The number of allylic oxidation sites excluding steroid dienone is 1. The second-order valence-electron chi connectivity index (χ2n) is 9.03. The van der Waals surface area contributed by atoms with E-state index in [2.05, 4.69) is 67.1 Å². The van der Waals surface area contributed by atoms with Gasteiger partial charge in [0.2, 0.25) is 9.84 Å². The number of sulfone groups is 1. The van der Waals surface area contributed by atoms with Gasteiger partial charge in [0.25, 0.3) is 0 Å². The van der Waals surface area contributed by atoms with E-state index in [0.29, 0.717) is 5.01 Å². The molecule has 1 aliphatic rings. The number of likely N-dealkylation sites (N-methyl/N-ethyl adjacent to an activating group) is 1. The number of aryl methyl sites for hydroxylation is 1. The molecule has 34 heavy (non-hydrogen) atoms. The van der Waals surface area contributed by atoms with Gasteiger partial charge in [-0.05, 0) is 54.5 Å². The third-order valence-corrected chi connectivity index (χ3v) is 9.63. The molecule has 0 N–H and O–H groups in total. The molecule has 2 heterocycles. The minimum atomic E-state index is -3.80. The largest absolute Gasteiger partial charge is 0.344 e. The average molecular weight is 509 g/mol. The van der Waals surface area contributed by atoms with Crippen LogP contribution in [0.15, 0.2) is 76.3 Å². The van der Waals surface area contributed by atoms with Gasteiger partial charge in [-0.3, -0.25) is 0 Å². The van der Waals surface area contributed by atoms with Gasteiger partial charge in [0, 0.05) is 23.3 Å². The van der Waals surface area contributed by atoms with E-state index in [-0.39, 0.29) is 19.7 Å². The third kappa shape index (κ3) is 3.56. The molecule has 1 aromatic heterocycles. The Labute approximate surface area is 209 Å². The fourth-order valence-electron chi connectivity index (χ4n) is 4.81. The Bertz CT molecular complexity index is 1550. The SMILES string of the molecule is CCN1/C(=C/c2nc(S(=O)(=O)c3ccc(C)cc3)c(Cl)s2)C(C)(C)c2c1ccc1ccccc21. The maximum absolute atomic E-state index is 13.2. The smallest absolute Gasteiger partial charge is 0.226 e. The van der Waals surface area contributed by atoms with E-state index < -0.39 is 9.84 Å². The molecule has 0 amide bonds. The number of thiazole rings is 1. The molecule has 7 heteroatoms. The number of rotatable bonds is 4. The summed E-state index contributed by atoms with van der Waals surface area (Å²) in [6.45, 7) is 9.24. The van der Waals surface area contributed by atoms with Gasteiger partial charge >= 0.3 is 0 Å². The minimum Gasteiger partial charge on any atom is -0.344 e. The van der Waals surface area contributed by atoms with E-state index in [1.807, 2.05) is 13.0 Å².